The van der Waals surface area contributed by atoms with Crippen LogP contribution in [0.25, 0.3) is 0 Å². The fourth-order valence-electron chi connectivity index (χ4n) is 3.13. The van der Waals surface area contributed by atoms with Gasteiger partial charge in [0.2, 0.25) is 0 Å². The molecule has 2 heteroatoms. The van der Waals surface area contributed by atoms with E-state index in [9.17, 15) is 0 Å². The second kappa shape index (κ2) is 8.11. The first-order chi connectivity index (χ1) is 12.6. The van der Waals surface area contributed by atoms with Crippen LogP contribution in [-0.2, 0) is 4.75 Å². The van der Waals surface area contributed by atoms with E-state index in [1.165, 1.54) is 16.7 Å². The largest absolute Gasteiger partial charge is 0.314 e. The Kier molecular flexibility index (Phi) is 5.85. The molecule has 3 aromatic rings. The Morgan fingerprint density at radius 2 is 1.00 bits per heavy atom. The van der Waals surface area contributed by atoms with Crippen molar-refractivity contribution in [3.05, 3.63) is 108 Å². The van der Waals surface area contributed by atoms with Gasteiger partial charge in [-0.15, -0.1) is 11.8 Å². The lowest BCUT2D eigenvalue weighted by molar-refractivity contribution is 0.477. The van der Waals surface area contributed by atoms with Crippen molar-refractivity contribution in [1.82, 2.24) is 5.32 Å². The summed E-state index contributed by atoms with van der Waals surface area (Å²) in [6.07, 6.45) is 0. The Morgan fingerprint density at radius 1 is 0.654 bits per heavy atom. The number of benzene rings is 3. The summed E-state index contributed by atoms with van der Waals surface area (Å²) < 4.78 is -0.238. The third-order valence-corrected chi connectivity index (χ3v) is 6.87. The van der Waals surface area contributed by atoms with Crippen molar-refractivity contribution in [2.45, 2.75) is 24.1 Å². The molecule has 0 bridgehead atoms. The van der Waals surface area contributed by atoms with Gasteiger partial charge >= 0.3 is 0 Å². The van der Waals surface area contributed by atoms with Crippen molar-refractivity contribution < 1.29 is 0 Å². The van der Waals surface area contributed by atoms with Gasteiger partial charge in [0.15, 0.2) is 0 Å². The summed E-state index contributed by atoms with van der Waals surface area (Å²) >= 11 is 2.00. The van der Waals surface area contributed by atoms with E-state index in [1.54, 1.807) is 0 Å². The van der Waals surface area contributed by atoms with Crippen LogP contribution < -0.4 is 5.32 Å². The molecule has 0 aliphatic rings. The number of rotatable bonds is 7. The highest BCUT2D eigenvalue weighted by Crippen LogP contribution is 2.49. The smallest absolute Gasteiger partial charge is 0.0907 e. The molecule has 0 heterocycles. The summed E-state index contributed by atoms with van der Waals surface area (Å²) in [5.41, 5.74) is 3.99. The summed E-state index contributed by atoms with van der Waals surface area (Å²) in [4.78, 5) is 0. The molecule has 0 amide bonds. The van der Waals surface area contributed by atoms with Crippen LogP contribution >= 0.6 is 11.8 Å². The van der Waals surface area contributed by atoms with E-state index in [0.717, 1.165) is 5.75 Å². The van der Waals surface area contributed by atoms with Gasteiger partial charge in [0.25, 0.3) is 0 Å². The maximum absolute atomic E-state index is 3.45. The Bertz CT molecular complexity index is 701. The lowest BCUT2D eigenvalue weighted by Crippen LogP contribution is -2.41. The van der Waals surface area contributed by atoms with Crippen molar-refractivity contribution in [3.63, 3.8) is 0 Å². The average Bonchev–Trinajstić information content (AvgIpc) is 2.71. The van der Waals surface area contributed by atoms with Gasteiger partial charge in [-0.1, -0.05) is 91.0 Å². The molecule has 1 N–H and O–H groups in total. The first-order valence-electron chi connectivity index (χ1n) is 9.08. The van der Waals surface area contributed by atoms with Crippen LogP contribution in [0.15, 0.2) is 91.0 Å². The molecule has 0 saturated heterocycles. The highest BCUT2D eigenvalue weighted by atomic mass is 32.2. The number of nitrogens with one attached hydrogen (secondary N) is 1. The molecule has 0 fully saturated rings. The van der Waals surface area contributed by atoms with Crippen LogP contribution in [0.4, 0.5) is 0 Å². The summed E-state index contributed by atoms with van der Waals surface area (Å²) in [6, 6.07) is 32.6. The number of thioether (sulfide) groups is 1. The van der Waals surface area contributed by atoms with E-state index in [1.807, 2.05) is 18.8 Å². The lowest BCUT2D eigenvalue weighted by Gasteiger charge is -2.38. The van der Waals surface area contributed by atoms with Crippen LogP contribution in [0.3, 0.4) is 0 Å². The summed E-state index contributed by atoms with van der Waals surface area (Å²) in [5.74, 6) is 0.988. The second-order valence-electron chi connectivity index (χ2n) is 7.20. The predicted octanol–water partition coefficient (Wildman–Crippen LogP) is 5.71. The van der Waals surface area contributed by atoms with Gasteiger partial charge in [-0.25, -0.2) is 0 Å². The molecule has 0 spiro atoms. The third-order valence-electron chi connectivity index (χ3n) is 4.87. The van der Waals surface area contributed by atoms with E-state index in [2.05, 4.69) is 110 Å². The van der Waals surface area contributed by atoms with Crippen molar-refractivity contribution in [1.29, 1.82) is 0 Å². The molecular formula is C24H27NS. The quantitative estimate of drug-likeness (QED) is 0.541. The predicted molar refractivity (Wildman–Crippen MR) is 115 cm³/mol. The normalized spacial score (nSPS) is 12.1. The second-order valence-corrected chi connectivity index (χ2v) is 8.39. The monoisotopic (exact) mass is 361 g/mol. The van der Waals surface area contributed by atoms with Crippen molar-refractivity contribution in [3.8, 4) is 0 Å². The molecule has 26 heavy (non-hydrogen) atoms. The molecule has 134 valence electrons. The van der Waals surface area contributed by atoms with Gasteiger partial charge in [0.1, 0.15) is 0 Å². The van der Waals surface area contributed by atoms with Crippen LogP contribution in [0.5, 0.6) is 0 Å². The maximum Gasteiger partial charge on any atom is 0.0907 e. The molecule has 0 saturated carbocycles. The fraction of sp³-hybridized carbons (Fsp3) is 0.250. The lowest BCUT2D eigenvalue weighted by atomic mass is 9.84. The Hall–Kier alpha value is -2.03. The average molecular weight is 362 g/mol. The minimum Gasteiger partial charge on any atom is -0.314 e. The minimum atomic E-state index is -0.238. The zero-order chi connectivity index (χ0) is 18.5. The number of hydrogen-bond donors (Lipinski definition) is 1. The van der Waals surface area contributed by atoms with Crippen LogP contribution in [0, 0.1) is 0 Å². The molecule has 3 rings (SSSR count). The van der Waals surface area contributed by atoms with Crippen LogP contribution in [-0.4, -0.2) is 18.3 Å². The standard InChI is InChI=1S/C24H27NS/c1-23(2,25-3)19-26-24(20-13-7-4-8-14-20,21-15-9-5-10-16-21)22-17-11-6-12-18-22/h4-18,25H,19H2,1-3H3. The van der Waals surface area contributed by atoms with Crippen molar-refractivity contribution in [2.75, 3.05) is 12.8 Å². The van der Waals surface area contributed by atoms with Crippen LogP contribution in [0.1, 0.15) is 30.5 Å². The van der Waals surface area contributed by atoms with Crippen LogP contribution in [0.2, 0.25) is 0 Å². The van der Waals surface area contributed by atoms with E-state index in [4.69, 9.17) is 0 Å². The topological polar surface area (TPSA) is 12.0 Å². The van der Waals surface area contributed by atoms with Gasteiger partial charge < -0.3 is 5.32 Å². The van der Waals surface area contributed by atoms with Crippen molar-refractivity contribution >= 4 is 11.8 Å². The highest BCUT2D eigenvalue weighted by Gasteiger charge is 2.38. The summed E-state index contributed by atoms with van der Waals surface area (Å²) in [5, 5.41) is 3.45. The van der Waals surface area contributed by atoms with Gasteiger partial charge in [-0.05, 0) is 37.6 Å². The zero-order valence-corrected chi connectivity index (χ0v) is 16.6. The molecule has 0 unspecified atom stereocenters. The molecule has 0 radical (unpaired) electrons. The first kappa shape index (κ1) is 18.8. The van der Waals surface area contributed by atoms with E-state index >= 15 is 0 Å². The molecule has 3 aromatic carbocycles. The van der Waals surface area contributed by atoms with Crippen molar-refractivity contribution in [2.24, 2.45) is 0 Å². The van der Waals surface area contributed by atoms with E-state index in [0.29, 0.717) is 0 Å². The Balaban J connectivity index is 2.21. The fourth-order valence-corrected chi connectivity index (χ4v) is 4.76. The number of hydrogen-bond acceptors (Lipinski definition) is 2. The van der Waals surface area contributed by atoms with Gasteiger partial charge in [-0.2, -0.15) is 0 Å². The molecule has 0 aliphatic heterocycles. The van der Waals surface area contributed by atoms with E-state index in [-0.39, 0.29) is 10.3 Å². The SMILES string of the molecule is CNC(C)(C)CSC(c1ccccc1)(c1ccccc1)c1ccccc1. The van der Waals surface area contributed by atoms with Gasteiger partial charge in [0.05, 0.1) is 4.75 Å². The molecule has 0 aliphatic carbocycles. The first-order valence-corrected chi connectivity index (χ1v) is 10.1. The minimum absolute atomic E-state index is 0.0499. The Morgan fingerprint density at radius 3 is 1.31 bits per heavy atom. The molecule has 1 nitrogen and oxygen atoms in total. The summed E-state index contributed by atoms with van der Waals surface area (Å²) in [7, 11) is 2.04. The van der Waals surface area contributed by atoms with E-state index < -0.39 is 0 Å². The maximum atomic E-state index is 3.45. The molecule has 0 atom stereocenters. The Labute approximate surface area is 161 Å². The molecule has 0 aromatic heterocycles. The van der Waals surface area contributed by atoms with Gasteiger partial charge in [-0.3, -0.25) is 0 Å². The van der Waals surface area contributed by atoms with Gasteiger partial charge in [0, 0.05) is 11.3 Å². The zero-order valence-electron chi connectivity index (χ0n) is 15.8. The highest BCUT2D eigenvalue weighted by molar-refractivity contribution is 8.00. The third kappa shape index (κ3) is 3.87. The molecular weight excluding hydrogens is 334 g/mol. The summed E-state index contributed by atoms with van der Waals surface area (Å²) in [6.45, 7) is 4.51.